The van der Waals surface area contributed by atoms with Crippen LogP contribution in [0, 0.1) is 11.8 Å². The van der Waals surface area contributed by atoms with Crippen LogP contribution in [0.3, 0.4) is 0 Å². The Hall–Kier alpha value is -6.59. The molecule has 0 amide bonds. The highest BCUT2D eigenvalue weighted by molar-refractivity contribution is 5.66. The largest absolute Gasteiger partial charge is 0.454 e. The lowest BCUT2D eigenvalue weighted by Gasteiger charge is -2.52. The zero-order chi connectivity index (χ0) is 65.2. The van der Waals surface area contributed by atoms with E-state index in [1.807, 2.05) is 233 Å². The molecule has 94 heavy (non-hydrogen) atoms. The van der Waals surface area contributed by atoms with Gasteiger partial charge in [-0.15, -0.1) is 0 Å². The molecule has 0 spiro atoms. The van der Waals surface area contributed by atoms with Crippen molar-refractivity contribution in [1.29, 1.82) is 0 Å². The molecule has 1 N–H and O–H groups in total. The number of ether oxygens (including phenoxy) is 15. The van der Waals surface area contributed by atoms with Crippen LogP contribution in [0.4, 0.5) is 0 Å². The second-order valence-electron chi connectivity index (χ2n) is 24.9. The number of rotatable bonds is 29. The molecule has 11 rings (SSSR count). The van der Waals surface area contributed by atoms with Gasteiger partial charge in [-0.1, -0.05) is 226 Å². The quantitative estimate of drug-likeness (QED) is 0.0438. The van der Waals surface area contributed by atoms with Gasteiger partial charge in [0.1, 0.15) is 48.8 Å². The summed E-state index contributed by atoms with van der Waals surface area (Å²) < 4.78 is 104. The van der Waals surface area contributed by atoms with Crippen molar-refractivity contribution < 1.29 is 81.0 Å². The van der Waals surface area contributed by atoms with E-state index in [4.69, 9.17) is 71.1 Å². The molecule has 0 saturated carbocycles. The van der Waals surface area contributed by atoms with Crippen molar-refractivity contribution in [3.05, 3.63) is 251 Å². The van der Waals surface area contributed by atoms with Crippen LogP contribution in [0.15, 0.2) is 212 Å². The van der Waals surface area contributed by atoms with E-state index >= 15 is 0 Å². The lowest BCUT2D eigenvalue weighted by Crippen LogP contribution is -2.66. The average Bonchev–Trinajstić information content (AvgIpc) is 0.778. The molecule has 0 bridgehead atoms. The Labute approximate surface area is 552 Å². The van der Waals surface area contributed by atoms with Gasteiger partial charge in [-0.05, 0) is 59.7 Å². The smallest absolute Gasteiger partial charge is 0.303 e. The van der Waals surface area contributed by atoms with E-state index in [1.54, 1.807) is 6.92 Å². The predicted molar refractivity (Wildman–Crippen MR) is 349 cm³/mol. The summed E-state index contributed by atoms with van der Waals surface area (Å²) in [6.07, 6.45) is -16.7. The molecule has 9 unspecified atom stereocenters. The van der Waals surface area contributed by atoms with Crippen LogP contribution >= 0.6 is 0 Å². The van der Waals surface area contributed by atoms with Gasteiger partial charge in [0.25, 0.3) is 0 Å². The maximum Gasteiger partial charge on any atom is 0.303 e. The molecule has 4 heterocycles. The third-order valence-corrected chi connectivity index (χ3v) is 17.8. The lowest BCUT2D eigenvalue weighted by atomic mass is 9.89. The van der Waals surface area contributed by atoms with Gasteiger partial charge in [-0.25, -0.2) is 0 Å². The summed E-state index contributed by atoms with van der Waals surface area (Å²) in [6, 6.07) is 69.5. The third kappa shape index (κ3) is 18.5. The summed E-state index contributed by atoms with van der Waals surface area (Å²) in [4.78, 5) is 13.0. The van der Waals surface area contributed by atoms with Crippen LogP contribution in [0.2, 0.25) is 0 Å². The Balaban J connectivity index is 0.959. The van der Waals surface area contributed by atoms with Crippen molar-refractivity contribution in [3.63, 3.8) is 0 Å². The molecule has 20 atom stereocenters. The van der Waals surface area contributed by atoms with E-state index in [-0.39, 0.29) is 33.0 Å². The zero-order valence-corrected chi connectivity index (χ0v) is 54.4. The van der Waals surface area contributed by atoms with Gasteiger partial charge < -0.3 is 76.2 Å². The fraction of sp³-hybridized carbons (Fsp3) is 0.442. The van der Waals surface area contributed by atoms with Crippen LogP contribution in [0.5, 0.6) is 0 Å². The molecule has 7 aromatic carbocycles. The Morgan fingerprint density at radius 3 is 1.06 bits per heavy atom. The lowest BCUT2D eigenvalue weighted by molar-refractivity contribution is -0.394. The fourth-order valence-corrected chi connectivity index (χ4v) is 12.8. The van der Waals surface area contributed by atoms with Crippen molar-refractivity contribution in [1.82, 2.24) is 0 Å². The standard InChI is InChI=1S/C77H90O17/c1-50-64(81-43-57-30-16-8-17-31-57)69(85-47-61-38-24-12-25-39-61)63(49-80-42-56-28-14-7-15-29-56)91-76(50)92-65-51(2)75(88-53(4)66(65)82-44-58-32-18-9-19-33-58)94-73-70(86-48-62-40-26-13-27-41-62)67(83-45-59-34-20-10-21-35-59)54(5)89-77(73)93-71-68(84-46-60-36-22-11-23-37-60)52(3)87-74(79)72(71)90-55(6)78/h7-41,50-54,63-77,79H,42-49H2,1-6H3/t50?,51?,52?,53?,54?,63-,64?,65+,66-,67-,68-,69+,70-,71-,72?,73?,74?,75-,76+,77-/m0/s1. The SMILES string of the molecule is CC(=O)OC1C(O)OC(C)[C@H](OCc2ccccc2)[C@@H]1O[C@@H]1OC(C)[C@H](OCc2ccccc2)[C@H](OCc2ccccc2)C1O[C@@H]1OC(C)[C@H](OCc2ccccc2)[C@H](O[C@H]2O[C@@H](COCc3ccccc3)[C@@H](OCc3ccccc3)C(OCc3ccccc3)C2C)C1C. The molecule has 0 radical (unpaired) electrons. The number of carbonyl (C=O) groups excluding carboxylic acids is 1. The van der Waals surface area contributed by atoms with Crippen LogP contribution in [0.1, 0.15) is 80.5 Å². The maximum atomic E-state index is 13.0. The number of hydrogen-bond acceptors (Lipinski definition) is 17. The van der Waals surface area contributed by atoms with E-state index < -0.39 is 128 Å². The molecular formula is C77H90O17. The van der Waals surface area contributed by atoms with Crippen molar-refractivity contribution in [2.75, 3.05) is 6.61 Å². The zero-order valence-electron chi connectivity index (χ0n) is 54.4. The Kier molecular flexibility index (Phi) is 25.2. The molecule has 17 nitrogen and oxygen atoms in total. The number of aliphatic hydroxyl groups excluding tert-OH is 1. The Morgan fingerprint density at radius 2 is 0.638 bits per heavy atom. The number of carbonyl (C=O) groups is 1. The summed E-state index contributed by atoms with van der Waals surface area (Å²) in [6.45, 7) is 12.8. The van der Waals surface area contributed by atoms with E-state index in [1.165, 1.54) is 6.92 Å². The first-order valence-corrected chi connectivity index (χ1v) is 32.9. The molecule has 4 aliphatic heterocycles. The van der Waals surface area contributed by atoms with Crippen LogP contribution in [0.25, 0.3) is 0 Å². The molecule has 4 fully saturated rings. The van der Waals surface area contributed by atoms with Gasteiger partial charge >= 0.3 is 5.97 Å². The first-order chi connectivity index (χ1) is 45.9. The third-order valence-electron chi connectivity index (χ3n) is 17.8. The Bertz CT molecular complexity index is 3290. The van der Waals surface area contributed by atoms with Crippen molar-refractivity contribution in [2.45, 2.75) is 198 Å². The molecule has 500 valence electrons. The minimum Gasteiger partial charge on any atom is -0.454 e. The second-order valence-corrected chi connectivity index (χ2v) is 24.9. The fourth-order valence-electron chi connectivity index (χ4n) is 12.8. The van der Waals surface area contributed by atoms with Crippen LogP contribution in [-0.4, -0.2) is 128 Å². The van der Waals surface area contributed by atoms with Gasteiger partial charge in [0.2, 0.25) is 0 Å². The first-order valence-electron chi connectivity index (χ1n) is 32.9. The van der Waals surface area contributed by atoms with Crippen molar-refractivity contribution >= 4 is 5.97 Å². The van der Waals surface area contributed by atoms with Gasteiger partial charge in [0, 0.05) is 18.8 Å². The molecule has 0 aliphatic carbocycles. The Morgan fingerprint density at radius 1 is 0.330 bits per heavy atom. The highest BCUT2D eigenvalue weighted by Crippen LogP contribution is 2.42. The molecule has 7 aromatic rings. The van der Waals surface area contributed by atoms with E-state index in [2.05, 4.69) is 6.92 Å². The number of esters is 1. The summed E-state index contributed by atoms with van der Waals surface area (Å²) in [5, 5.41) is 11.7. The van der Waals surface area contributed by atoms with Crippen molar-refractivity contribution in [3.8, 4) is 0 Å². The summed E-state index contributed by atoms with van der Waals surface area (Å²) >= 11 is 0. The maximum absolute atomic E-state index is 13.0. The number of aliphatic hydroxyl groups is 1. The molecule has 17 heteroatoms. The topological polar surface area (TPSA) is 176 Å². The van der Waals surface area contributed by atoms with E-state index in [0.29, 0.717) is 19.8 Å². The van der Waals surface area contributed by atoms with Gasteiger partial charge in [0.05, 0.1) is 83.4 Å². The summed E-state index contributed by atoms with van der Waals surface area (Å²) in [5.41, 5.74) is 6.70. The highest BCUT2D eigenvalue weighted by atomic mass is 16.8. The summed E-state index contributed by atoms with van der Waals surface area (Å²) in [7, 11) is 0. The highest BCUT2D eigenvalue weighted by Gasteiger charge is 2.57. The van der Waals surface area contributed by atoms with Crippen LogP contribution in [-0.2, 0) is 122 Å². The van der Waals surface area contributed by atoms with Gasteiger partial charge in [-0.3, -0.25) is 4.79 Å². The summed E-state index contributed by atoms with van der Waals surface area (Å²) in [5.74, 6) is -1.73. The van der Waals surface area contributed by atoms with Crippen molar-refractivity contribution in [2.24, 2.45) is 11.8 Å². The second kappa shape index (κ2) is 34.4. The molecular weight excluding hydrogens is 1200 g/mol. The first kappa shape index (κ1) is 68.8. The van der Waals surface area contributed by atoms with Gasteiger partial charge in [-0.2, -0.15) is 0 Å². The minimum atomic E-state index is -1.60. The molecule has 0 aromatic heterocycles. The number of benzene rings is 7. The molecule has 4 aliphatic rings. The number of hydrogen-bond donors (Lipinski definition) is 1. The predicted octanol–water partition coefficient (Wildman–Crippen LogP) is 12.0. The normalized spacial score (nSPS) is 31.1. The monoisotopic (exact) mass is 1290 g/mol. The van der Waals surface area contributed by atoms with E-state index in [9.17, 15) is 9.90 Å². The van der Waals surface area contributed by atoms with E-state index in [0.717, 1.165) is 38.9 Å². The minimum absolute atomic E-state index is 0.147. The van der Waals surface area contributed by atoms with Crippen LogP contribution < -0.4 is 0 Å². The van der Waals surface area contributed by atoms with Gasteiger partial charge in [0.15, 0.2) is 31.3 Å². The average molecular weight is 1290 g/mol. The molecule has 4 saturated heterocycles.